The zero-order chi connectivity index (χ0) is 22.3. The van der Waals surface area contributed by atoms with Gasteiger partial charge in [0.2, 0.25) is 15.9 Å². The van der Waals surface area contributed by atoms with Gasteiger partial charge in [0.05, 0.1) is 25.7 Å². The Morgan fingerprint density at radius 3 is 2.39 bits per heavy atom. The molecule has 10 heteroatoms. The monoisotopic (exact) mass is 461 g/mol. The first-order chi connectivity index (χ1) is 14.8. The normalized spacial score (nSPS) is 11.0. The molecule has 0 atom stereocenters. The number of hydrogen-bond acceptors (Lipinski definition) is 7. The van der Waals surface area contributed by atoms with E-state index < -0.39 is 10.0 Å². The van der Waals surface area contributed by atoms with Crippen LogP contribution >= 0.6 is 11.3 Å². The number of nitrogens with one attached hydrogen (secondary N) is 2. The molecule has 0 aliphatic rings. The van der Waals surface area contributed by atoms with Crippen LogP contribution in [0.4, 0.5) is 10.8 Å². The molecule has 1 amide bonds. The zero-order valence-corrected chi connectivity index (χ0v) is 18.8. The summed E-state index contributed by atoms with van der Waals surface area (Å²) in [5, 5.41) is 5.14. The standard InChI is InChI=1S/C21H23N3O5S2/c1-28-17-9-11-18(12-10-17)29-13-3-4-20(25)23-21-22-19(14-30-21)15-5-7-16(8-6-15)24-31(2,26)27/h5-12,14,24H,3-4,13H2,1-2H3,(H,22,23,25). The Kier molecular flexibility index (Phi) is 7.48. The minimum absolute atomic E-state index is 0.132. The topological polar surface area (TPSA) is 107 Å². The first-order valence-corrected chi connectivity index (χ1v) is 12.2. The first kappa shape index (κ1) is 22.6. The first-order valence-electron chi connectivity index (χ1n) is 9.43. The van der Waals surface area contributed by atoms with Crippen molar-refractivity contribution in [1.82, 2.24) is 4.98 Å². The second-order valence-electron chi connectivity index (χ2n) is 6.67. The lowest BCUT2D eigenvalue weighted by molar-refractivity contribution is -0.116. The van der Waals surface area contributed by atoms with Gasteiger partial charge in [-0.05, 0) is 42.8 Å². The number of carbonyl (C=O) groups is 1. The molecule has 3 aromatic rings. The van der Waals surface area contributed by atoms with E-state index in [1.54, 1.807) is 31.4 Å². The molecule has 0 fully saturated rings. The van der Waals surface area contributed by atoms with Gasteiger partial charge < -0.3 is 14.8 Å². The second-order valence-corrected chi connectivity index (χ2v) is 9.27. The SMILES string of the molecule is COc1ccc(OCCCC(=O)Nc2nc(-c3ccc(NS(C)(=O)=O)cc3)cs2)cc1. The van der Waals surface area contributed by atoms with Crippen LogP contribution in [0.3, 0.4) is 0 Å². The maximum Gasteiger partial charge on any atom is 0.229 e. The summed E-state index contributed by atoms with van der Waals surface area (Å²) in [7, 11) is -1.71. The minimum Gasteiger partial charge on any atom is -0.497 e. The van der Waals surface area contributed by atoms with E-state index in [2.05, 4.69) is 15.0 Å². The number of anilines is 2. The molecule has 0 aliphatic heterocycles. The van der Waals surface area contributed by atoms with Crippen molar-refractivity contribution in [3.05, 3.63) is 53.9 Å². The van der Waals surface area contributed by atoms with Crippen molar-refractivity contribution in [1.29, 1.82) is 0 Å². The van der Waals surface area contributed by atoms with Crippen molar-refractivity contribution in [2.75, 3.05) is 30.0 Å². The van der Waals surface area contributed by atoms with Crippen molar-refractivity contribution >= 4 is 38.1 Å². The number of methoxy groups -OCH3 is 1. The summed E-state index contributed by atoms with van der Waals surface area (Å²) in [6.45, 7) is 0.427. The lowest BCUT2D eigenvalue weighted by Crippen LogP contribution is -2.12. The molecule has 0 bridgehead atoms. The third kappa shape index (κ3) is 7.26. The van der Waals surface area contributed by atoms with Crippen LogP contribution in [-0.4, -0.2) is 39.3 Å². The molecule has 0 spiro atoms. The molecule has 2 aromatic carbocycles. The van der Waals surface area contributed by atoms with E-state index in [0.717, 1.165) is 23.3 Å². The summed E-state index contributed by atoms with van der Waals surface area (Å²) in [6, 6.07) is 14.1. The highest BCUT2D eigenvalue weighted by Crippen LogP contribution is 2.26. The lowest BCUT2D eigenvalue weighted by Gasteiger charge is -2.07. The van der Waals surface area contributed by atoms with Crippen LogP contribution in [0.15, 0.2) is 53.9 Å². The smallest absolute Gasteiger partial charge is 0.229 e. The fourth-order valence-corrected chi connectivity index (χ4v) is 3.96. The predicted octanol–water partition coefficient (Wildman–Crippen LogP) is 3.99. The van der Waals surface area contributed by atoms with E-state index in [1.165, 1.54) is 11.3 Å². The van der Waals surface area contributed by atoms with E-state index in [-0.39, 0.29) is 5.91 Å². The summed E-state index contributed by atoms with van der Waals surface area (Å²) in [5.41, 5.74) is 2.00. The number of ether oxygens (including phenoxy) is 2. The molecule has 1 aromatic heterocycles. The molecule has 0 saturated carbocycles. The van der Waals surface area contributed by atoms with Crippen LogP contribution in [0.1, 0.15) is 12.8 Å². The largest absolute Gasteiger partial charge is 0.497 e. The minimum atomic E-state index is -3.32. The van der Waals surface area contributed by atoms with Crippen LogP contribution < -0.4 is 19.5 Å². The van der Waals surface area contributed by atoms with Gasteiger partial charge in [0, 0.05) is 23.1 Å². The highest BCUT2D eigenvalue weighted by atomic mass is 32.2. The van der Waals surface area contributed by atoms with Gasteiger partial charge in [0.25, 0.3) is 0 Å². The van der Waals surface area contributed by atoms with E-state index in [9.17, 15) is 13.2 Å². The van der Waals surface area contributed by atoms with Crippen LogP contribution in [0, 0.1) is 0 Å². The lowest BCUT2D eigenvalue weighted by atomic mass is 10.1. The number of aromatic nitrogens is 1. The fourth-order valence-electron chi connectivity index (χ4n) is 2.66. The molecule has 3 rings (SSSR count). The number of nitrogens with zero attached hydrogens (tertiary/aromatic N) is 1. The van der Waals surface area contributed by atoms with Gasteiger partial charge in [-0.2, -0.15) is 0 Å². The van der Waals surface area contributed by atoms with Gasteiger partial charge in [0.1, 0.15) is 11.5 Å². The van der Waals surface area contributed by atoms with Crippen LogP contribution in [0.25, 0.3) is 11.3 Å². The number of rotatable bonds is 10. The molecule has 1 heterocycles. The van der Waals surface area contributed by atoms with Gasteiger partial charge in [-0.15, -0.1) is 11.3 Å². The Hall–Kier alpha value is -3.11. The number of amides is 1. The molecular weight excluding hydrogens is 438 g/mol. The van der Waals surface area contributed by atoms with Gasteiger partial charge >= 0.3 is 0 Å². The molecule has 0 radical (unpaired) electrons. The Balaban J connectivity index is 1.45. The summed E-state index contributed by atoms with van der Waals surface area (Å²) in [6.07, 6.45) is 1.99. The third-order valence-electron chi connectivity index (χ3n) is 4.11. The number of thiazole rings is 1. The molecular formula is C21H23N3O5S2. The number of carbonyl (C=O) groups excluding carboxylic acids is 1. The second kappa shape index (κ2) is 10.3. The highest BCUT2D eigenvalue weighted by Gasteiger charge is 2.09. The maximum absolute atomic E-state index is 12.1. The van der Waals surface area contributed by atoms with E-state index in [4.69, 9.17) is 9.47 Å². The van der Waals surface area contributed by atoms with Crippen molar-refractivity contribution in [2.45, 2.75) is 12.8 Å². The molecule has 8 nitrogen and oxygen atoms in total. The van der Waals surface area contributed by atoms with Crippen molar-refractivity contribution in [2.24, 2.45) is 0 Å². The van der Waals surface area contributed by atoms with Crippen LogP contribution in [0.5, 0.6) is 11.5 Å². The van der Waals surface area contributed by atoms with Crippen molar-refractivity contribution < 1.29 is 22.7 Å². The Labute approximate surface area is 185 Å². The van der Waals surface area contributed by atoms with Gasteiger partial charge in [-0.1, -0.05) is 12.1 Å². The highest BCUT2D eigenvalue weighted by molar-refractivity contribution is 7.92. The van der Waals surface area contributed by atoms with E-state index in [1.807, 2.05) is 29.6 Å². The Morgan fingerprint density at radius 2 is 1.74 bits per heavy atom. The zero-order valence-electron chi connectivity index (χ0n) is 17.1. The maximum atomic E-state index is 12.1. The molecule has 31 heavy (non-hydrogen) atoms. The summed E-state index contributed by atoms with van der Waals surface area (Å²) < 4.78 is 35.7. The average molecular weight is 462 g/mol. The van der Waals surface area contributed by atoms with Crippen LogP contribution in [0.2, 0.25) is 0 Å². The number of benzene rings is 2. The molecule has 2 N–H and O–H groups in total. The Bertz CT molecular complexity index is 1110. The quantitative estimate of drug-likeness (QED) is 0.442. The third-order valence-corrected chi connectivity index (χ3v) is 5.48. The number of sulfonamides is 1. The molecule has 164 valence electrons. The van der Waals surface area contributed by atoms with Crippen molar-refractivity contribution in [3.63, 3.8) is 0 Å². The molecule has 0 unspecified atom stereocenters. The summed E-state index contributed by atoms with van der Waals surface area (Å²) >= 11 is 1.33. The van der Waals surface area contributed by atoms with E-state index >= 15 is 0 Å². The van der Waals surface area contributed by atoms with Gasteiger partial charge in [-0.3, -0.25) is 9.52 Å². The predicted molar refractivity (Wildman–Crippen MR) is 122 cm³/mol. The van der Waals surface area contributed by atoms with Crippen LogP contribution in [-0.2, 0) is 14.8 Å². The summed E-state index contributed by atoms with van der Waals surface area (Å²) in [5.74, 6) is 1.35. The van der Waals surface area contributed by atoms with Gasteiger partial charge in [-0.25, -0.2) is 13.4 Å². The Morgan fingerprint density at radius 1 is 1.06 bits per heavy atom. The van der Waals surface area contributed by atoms with Crippen molar-refractivity contribution in [3.8, 4) is 22.8 Å². The van der Waals surface area contributed by atoms with E-state index in [0.29, 0.717) is 36.0 Å². The fraction of sp³-hybridized carbons (Fsp3) is 0.238. The van der Waals surface area contributed by atoms with Gasteiger partial charge in [0.15, 0.2) is 5.13 Å². The molecule has 0 aliphatic carbocycles. The molecule has 0 saturated heterocycles. The summed E-state index contributed by atoms with van der Waals surface area (Å²) in [4.78, 5) is 16.6. The number of hydrogen-bond donors (Lipinski definition) is 2. The average Bonchev–Trinajstić information content (AvgIpc) is 3.19.